The third-order valence-electron chi connectivity index (χ3n) is 3.38. The summed E-state index contributed by atoms with van der Waals surface area (Å²) >= 11 is 6.18. The van der Waals surface area contributed by atoms with Crippen molar-refractivity contribution in [2.75, 3.05) is 0 Å². The van der Waals surface area contributed by atoms with E-state index in [4.69, 9.17) is 11.6 Å². The van der Waals surface area contributed by atoms with Crippen LogP contribution >= 0.6 is 11.6 Å². The topological polar surface area (TPSA) is 17.0 Å². The number of aryl methyl sites for hydroxylation is 1. The average Bonchev–Trinajstić information content (AvgIpc) is 2.86. The second kappa shape index (κ2) is 6.78. The minimum Gasteiger partial charge on any atom is -0.351 e. The Balaban J connectivity index is 1.88. The normalized spacial score (nSPS) is 12.6. The Hall–Kier alpha value is -1.25. The number of benzene rings is 1. The number of nitrogens with zero attached hydrogens (tertiary/aromatic N) is 1. The quantitative estimate of drug-likeness (QED) is 0.847. The average molecular weight is 277 g/mol. The van der Waals surface area contributed by atoms with Crippen LogP contribution in [0.1, 0.15) is 25.1 Å². The molecule has 2 aromatic rings. The van der Waals surface area contributed by atoms with E-state index in [1.165, 1.54) is 11.3 Å². The first-order chi connectivity index (χ1) is 9.20. The van der Waals surface area contributed by atoms with Crippen LogP contribution in [0.3, 0.4) is 0 Å². The first-order valence-corrected chi connectivity index (χ1v) is 7.19. The van der Waals surface area contributed by atoms with Gasteiger partial charge in [-0.05, 0) is 44.0 Å². The Kier molecular flexibility index (Phi) is 5.06. The van der Waals surface area contributed by atoms with Gasteiger partial charge in [0.05, 0.1) is 0 Å². The molecule has 2 nitrogen and oxygen atoms in total. The Morgan fingerprint density at radius 2 is 2.00 bits per heavy atom. The van der Waals surface area contributed by atoms with Crippen LogP contribution < -0.4 is 5.32 Å². The van der Waals surface area contributed by atoms with Gasteiger partial charge in [0.15, 0.2) is 0 Å². The molecule has 0 aliphatic rings. The van der Waals surface area contributed by atoms with Gasteiger partial charge in [-0.15, -0.1) is 0 Å². The highest BCUT2D eigenvalue weighted by atomic mass is 35.5. The van der Waals surface area contributed by atoms with Gasteiger partial charge >= 0.3 is 0 Å². The monoisotopic (exact) mass is 276 g/mol. The smallest absolute Gasteiger partial charge is 0.0438 e. The van der Waals surface area contributed by atoms with E-state index in [1.54, 1.807) is 0 Å². The zero-order chi connectivity index (χ0) is 13.7. The highest BCUT2D eigenvalue weighted by molar-refractivity contribution is 6.31. The van der Waals surface area contributed by atoms with E-state index in [9.17, 15) is 0 Å². The molecule has 0 aliphatic carbocycles. The van der Waals surface area contributed by atoms with Crippen molar-refractivity contribution in [2.24, 2.45) is 0 Å². The van der Waals surface area contributed by atoms with E-state index < -0.39 is 0 Å². The van der Waals surface area contributed by atoms with E-state index >= 15 is 0 Å². The van der Waals surface area contributed by atoms with Crippen LogP contribution in [0, 0.1) is 0 Å². The molecule has 1 heterocycles. The van der Waals surface area contributed by atoms with Gasteiger partial charge in [0, 0.05) is 36.0 Å². The molecule has 0 aliphatic heterocycles. The predicted molar refractivity (Wildman–Crippen MR) is 81.6 cm³/mol. The first kappa shape index (κ1) is 14.2. The minimum absolute atomic E-state index is 0.403. The van der Waals surface area contributed by atoms with E-state index in [0.717, 1.165) is 24.5 Å². The molecule has 0 spiro atoms. The van der Waals surface area contributed by atoms with E-state index in [-0.39, 0.29) is 0 Å². The van der Waals surface area contributed by atoms with Crippen molar-refractivity contribution in [2.45, 2.75) is 39.4 Å². The number of rotatable bonds is 6. The molecule has 1 aromatic carbocycles. The van der Waals surface area contributed by atoms with Crippen molar-refractivity contribution in [3.63, 3.8) is 0 Å². The van der Waals surface area contributed by atoms with Crippen LogP contribution in [0.4, 0.5) is 0 Å². The van der Waals surface area contributed by atoms with E-state index in [2.05, 4.69) is 48.1 Å². The maximum absolute atomic E-state index is 6.18. The summed E-state index contributed by atoms with van der Waals surface area (Å²) in [5.41, 5.74) is 2.53. The van der Waals surface area contributed by atoms with Crippen LogP contribution in [-0.4, -0.2) is 10.6 Å². The van der Waals surface area contributed by atoms with Gasteiger partial charge in [0.25, 0.3) is 0 Å². The molecule has 0 saturated carbocycles. The van der Waals surface area contributed by atoms with Crippen LogP contribution in [0.2, 0.25) is 5.02 Å². The fraction of sp³-hybridized carbons (Fsp3) is 0.375. The summed E-state index contributed by atoms with van der Waals surface area (Å²) in [7, 11) is 0. The lowest BCUT2D eigenvalue weighted by atomic mass is 10.1. The van der Waals surface area contributed by atoms with Crippen LogP contribution in [-0.2, 0) is 19.5 Å². The summed E-state index contributed by atoms with van der Waals surface area (Å²) in [6.07, 6.45) is 3.07. The van der Waals surface area contributed by atoms with Gasteiger partial charge in [-0.3, -0.25) is 0 Å². The molecular formula is C16H21ClN2. The second-order valence-corrected chi connectivity index (χ2v) is 5.27. The van der Waals surface area contributed by atoms with Gasteiger partial charge in [-0.2, -0.15) is 0 Å². The largest absolute Gasteiger partial charge is 0.351 e. The standard InChI is InChI=1S/C16H21ClN2/c1-3-19-10-6-8-15(19)12-18-13(2)11-14-7-4-5-9-16(14)17/h4-10,13,18H,3,11-12H2,1-2H3. The molecule has 1 N–H and O–H groups in total. The molecular weight excluding hydrogens is 256 g/mol. The third kappa shape index (κ3) is 3.85. The summed E-state index contributed by atoms with van der Waals surface area (Å²) in [5.74, 6) is 0. The molecule has 3 heteroatoms. The van der Waals surface area contributed by atoms with Crippen LogP contribution in [0.5, 0.6) is 0 Å². The SMILES string of the molecule is CCn1cccc1CNC(C)Cc1ccccc1Cl. The summed E-state index contributed by atoms with van der Waals surface area (Å²) in [4.78, 5) is 0. The number of hydrogen-bond donors (Lipinski definition) is 1. The molecule has 0 bridgehead atoms. The van der Waals surface area contributed by atoms with Crippen molar-refractivity contribution >= 4 is 11.6 Å². The maximum atomic E-state index is 6.18. The number of nitrogens with one attached hydrogen (secondary N) is 1. The minimum atomic E-state index is 0.403. The van der Waals surface area contributed by atoms with Gasteiger partial charge in [0.1, 0.15) is 0 Å². The Bertz CT molecular complexity index is 519. The summed E-state index contributed by atoms with van der Waals surface area (Å²) in [6.45, 7) is 6.27. The zero-order valence-electron chi connectivity index (χ0n) is 11.6. The van der Waals surface area contributed by atoms with E-state index in [0.29, 0.717) is 6.04 Å². The van der Waals surface area contributed by atoms with E-state index in [1.807, 2.05) is 18.2 Å². The molecule has 0 saturated heterocycles. The number of hydrogen-bond acceptors (Lipinski definition) is 1. The lowest BCUT2D eigenvalue weighted by molar-refractivity contribution is 0.527. The molecule has 1 aromatic heterocycles. The van der Waals surface area contributed by atoms with Crippen LogP contribution in [0.15, 0.2) is 42.6 Å². The number of halogens is 1. The molecule has 0 radical (unpaired) electrons. The second-order valence-electron chi connectivity index (χ2n) is 4.86. The van der Waals surface area contributed by atoms with Gasteiger partial charge in [0.2, 0.25) is 0 Å². The summed E-state index contributed by atoms with van der Waals surface area (Å²) in [6, 6.07) is 12.7. The molecule has 1 atom stereocenters. The predicted octanol–water partition coefficient (Wildman–Crippen LogP) is 3.88. The van der Waals surface area contributed by atoms with Crippen molar-refractivity contribution in [3.8, 4) is 0 Å². The lowest BCUT2D eigenvalue weighted by Crippen LogP contribution is -2.28. The lowest BCUT2D eigenvalue weighted by Gasteiger charge is -2.15. The molecule has 0 amide bonds. The van der Waals surface area contributed by atoms with Crippen molar-refractivity contribution in [3.05, 3.63) is 58.9 Å². The molecule has 19 heavy (non-hydrogen) atoms. The Morgan fingerprint density at radius 1 is 1.21 bits per heavy atom. The van der Waals surface area contributed by atoms with Crippen LogP contribution in [0.25, 0.3) is 0 Å². The summed E-state index contributed by atoms with van der Waals surface area (Å²) in [5, 5.41) is 4.41. The van der Waals surface area contributed by atoms with Gasteiger partial charge in [-0.25, -0.2) is 0 Å². The fourth-order valence-electron chi connectivity index (χ4n) is 2.26. The molecule has 1 unspecified atom stereocenters. The maximum Gasteiger partial charge on any atom is 0.0438 e. The Labute approximate surface area is 120 Å². The molecule has 2 rings (SSSR count). The number of aromatic nitrogens is 1. The van der Waals surface area contributed by atoms with Crippen molar-refractivity contribution in [1.82, 2.24) is 9.88 Å². The highest BCUT2D eigenvalue weighted by Crippen LogP contribution is 2.16. The third-order valence-corrected chi connectivity index (χ3v) is 3.75. The van der Waals surface area contributed by atoms with Gasteiger partial charge < -0.3 is 9.88 Å². The summed E-state index contributed by atoms with van der Waals surface area (Å²) < 4.78 is 2.26. The molecule has 0 fully saturated rings. The molecule has 102 valence electrons. The zero-order valence-corrected chi connectivity index (χ0v) is 12.3. The van der Waals surface area contributed by atoms with Crippen molar-refractivity contribution < 1.29 is 0 Å². The highest BCUT2D eigenvalue weighted by Gasteiger charge is 2.07. The first-order valence-electron chi connectivity index (χ1n) is 6.81. The van der Waals surface area contributed by atoms with Gasteiger partial charge in [-0.1, -0.05) is 29.8 Å². The van der Waals surface area contributed by atoms with Crippen molar-refractivity contribution in [1.29, 1.82) is 0 Å². The Morgan fingerprint density at radius 3 is 2.74 bits per heavy atom. The fourth-order valence-corrected chi connectivity index (χ4v) is 2.48.